The Morgan fingerprint density at radius 1 is 1.00 bits per heavy atom. The third kappa shape index (κ3) is 4.55. The maximum absolute atomic E-state index is 12.7. The Hall–Kier alpha value is -2.95. The monoisotopic (exact) mass is 445 g/mol. The molecule has 0 aliphatic carbocycles. The molecule has 0 spiro atoms. The molecule has 2 heterocycles. The molecule has 0 bridgehead atoms. The van der Waals surface area contributed by atoms with Gasteiger partial charge < -0.3 is 18.7 Å². The maximum Gasteiger partial charge on any atom is 0.243 e. The lowest BCUT2D eigenvalue weighted by molar-refractivity contribution is 0.0730. The van der Waals surface area contributed by atoms with Crippen LogP contribution in [0.3, 0.4) is 0 Å². The van der Waals surface area contributed by atoms with E-state index >= 15 is 0 Å². The van der Waals surface area contributed by atoms with Crippen molar-refractivity contribution in [3.8, 4) is 22.9 Å². The van der Waals surface area contributed by atoms with Crippen LogP contribution in [0.4, 0.5) is 0 Å². The lowest BCUT2D eigenvalue weighted by Gasteiger charge is -2.26. The third-order valence-corrected chi connectivity index (χ3v) is 6.90. The molecule has 0 radical (unpaired) electrons. The van der Waals surface area contributed by atoms with E-state index < -0.39 is 10.0 Å². The Kier molecular flexibility index (Phi) is 6.21. The third-order valence-electron chi connectivity index (χ3n) is 4.99. The Morgan fingerprint density at radius 3 is 2.39 bits per heavy atom. The first-order valence-corrected chi connectivity index (χ1v) is 11.2. The predicted octanol–water partition coefficient (Wildman–Crippen LogP) is 2.37. The predicted molar refractivity (Wildman–Crippen MR) is 112 cm³/mol. The fraction of sp³-hybridized carbons (Fsp3) is 0.333. The van der Waals surface area contributed by atoms with E-state index in [1.54, 1.807) is 38.5 Å². The Morgan fingerprint density at radius 2 is 1.71 bits per heavy atom. The summed E-state index contributed by atoms with van der Waals surface area (Å²) >= 11 is 0. The summed E-state index contributed by atoms with van der Waals surface area (Å²) < 4.78 is 48.1. The normalized spacial score (nSPS) is 15.0. The molecule has 1 fully saturated rings. The van der Waals surface area contributed by atoms with Gasteiger partial charge in [-0.1, -0.05) is 11.2 Å². The second-order valence-electron chi connectivity index (χ2n) is 6.92. The van der Waals surface area contributed by atoms with E-state index in [0.717, 1.165) is 5.56 Å². The highest BCUT2D eigenvalue weighted by molar-refractivity contribution is 7.89. The maximum atomic E-state index is 12.7. The van der Waals surface area contributed by atoms with E-state index in [1.807, 2.05) is 18.2 Å². The highest BCUT2D eigenvalue weighted by atomic mass is 32.2. The van der Waals surface area contributed by atoms with E-state index in [-0.39, 0.29) is 4.90 Å². The number of benzene rings is 2. The van der Waals surface area contributed by atoms with Crippen LogP contribution < -0.4 is 9.47 Å². The fourth-order valence-electron chi connectivity index (χ4n) is 3.32. The molecule has 3 aromatic rings. The number of ether oxygens (including phenoxy) is 3. The molecule has 0 amide bonds. The van der Waals surface area contributed by atoms with Crippen molar-refractivity contribution >= 4 is 10.0 Å². The molecule has 31 heavy (non-hydrogen) atoms. The highest BCUT2D eigenvalue weighted by Crippen LogP contribution is 2.29. The van der Waals surface area contributed by atoms with Gasteiger partial charge in [-0.2, -0.15) is 9.29 Å². The van der Waals surface area contributed by atoms with Gasteiger partial charge in [0.25, 0.3) is 0 Å². The SMILES string of the molecule is COc1ccc(Cc2nc(-c3ccc(S(=O)(=O)N4CCOCC4)cc3)no2)cc1OC. The summed E-state index contributed by atoms with van der Waals surface area (Å²) in [6.45, 7) is 1.52. The van der Waals surface area contributed by atoms with Gasteiger partial charge in [0.2, 0.25) is 21.7 Å². The molecule has 1 aliphatic rings. The van der Waals surface area contributed by atoms with E-state index in [4.69, 9.17) is 18.7 Å². The van der Waals surface area contributed by atoms with Crippen molar-refractivity contribution in [2.75, 3.05) is 40.5 Å². The number of rotatable bonds is 7. The molecule has 1 aliphatic heterocycles. The van der Waals surface area contributed by atoms with Gasteiger partial charge in [0.1, 0.15) is 0 Å². The number of aromatic nitrogens is 2. The second kappa shape index (κ2) is 9.04. The minimum absolute atomic E-state index is 0.229. The highest BCUT2D eigenvalue weighted by Gasteiger charge is 2.26. The van der Waals surface area contributed by atoms with E-state index in [0.29, 0.717) is 61.5 Å². The zero-order valence-electron chi connectivity index (χ0n) is 17.3. The molecular formula is C21H23N3O6S. The summed E-state index contributed by atoms with van der Waals surface area (Å²) in [5.41, 5.74) is 1.60. The standard InChI is InChI=1S/C21H23N3O6S/c1-27-18-8-3-15(13-19(18)28-2)14-20-22-21(23-30-20)16-4-6-17(7-5-16)31(25,26)24-9-11-29-12-10-24/h3-8,13H,9-12,14H2,1-2H3. The zero-order valence-corrected chi connectivity index (χ0v) is 18.1. The quantitative estimate of drug-likeness (QED) is 0.546. The minimum atomic E-state index is -3.54. The molecule has 4 rings (SSSR count). The van der Waals surface area contributed by atoms with Crippen molar-refractivity contribution in [1.29, 1.82) is 0 Å². The Bertz CT molecular complexity index is 1140. The summed E-state index contributed by atoms with van der Waals surface area (Å²) in [5.74, 6) is 2.10. The molecule has 1 saturated heterocycles. The average Bonchev–Trinajstić information content (AvgIpc) is 3.28. The van der Waals surface area contributed by atoms with Crippen LogP contribution >= 0.6 is 0 Å². The van der Waals surface area contributed by atoms with E-state index in [1.165, 1.54) is 4.31 Å². The largest absolute Gasteiger partial charge is 0.493 e. The van der Waals surface area contributed by atoms with E-state index in [9.17, 15) is 8.42 Å². The summed E-state index contributed by atoms with van der Waals surface area (Å²) in [5, 5.41) is 4.02. The molecule has 0 atom stereocenters. The Labute approximate surface area is 180 Å². The number of sulfonamides is 1. The lowest BCUT2D eigenvalue weighted by atomic mass is 10.1. The van der Waals surface area contributed by atoms with Crippen LogP contribution in [-0.4, -0.2) is 63.4 Å². The van der Waals surface area contributed by atoms with Gasteiger partial charge in [-0.05, 0) is 42.0 Å². The van der Waals surface area contributed by atoms with Gasteiger partial charge >= 0.3 is 0 Å². The minimum Gasteiger partial charge on any atom is -0.493 e. The topological polar surface area (TPSA) is 104 Å². The van der Waals surface area contributed by atoms with E-state index in [2.05, 4.69) is 10.1 Å². The smallest absolute Gasteiger partial charge is 0.243 e. The van der Waals surface area contributed by atoms with Crippen molar-refractivity contribution < 1.29 is 27.2 Å². The first-order valence-electron chi connectivity index (χ1n) is 9.73. The fourth-order valence-corrected chi connectivity index (χ4v) is 4.73. The number of nitrogens with zero attached hydrogens (tertiary/aromatic N) is 3. The van der Waals surface area contributed by atoms with Crippen molar-refractivity contribution in [3.63, 3.8) is 0 Å². The van der Waals surface area contributed by atoms with Crippen LogP contribution in [-0.2, 0) is 21.2 Å². The molecule has 10 heteroatoms. The lowest BCUT2D eigenvalue weighted by Crippen LogP contribution is -2.40. The summed E-state index contributed by atoms with van der Waals surface area (Å²) in [7, 11) is -0.381. The summed E-state index contributed by atoms with van der Waals surface area (Å²) in [6, 6.07) is 12.1. The average molecular weight is 445 g/mol. The van der Waals surface area contributed by atoms with Crippen molar-refractivity contribution in [3.05, 3.63) is 53.9 Å². The van der Waals surface area contributed by atoms with Crippen LogP contribution in [0.5, 0.6) is 11.5 Å². The number of hydrogen-bond donors (Lipinski definition) is 0. The first-order chi connectivity index (χ1) is 15.0. The summed E-state index contributed by atoms with van der Waals surface area (Å²) in [4.78, 5) is 4.66. The van der Waals surface area contributed by atoms with Crippen molar-refractivity contribution in [2.45, 2.75) is 11.3 Å². The van der Waals surface area contributed by atoms with Gasteiger partial charge in [0.15, 0.2) is 11.5 Å². The molecule has 1 aromatic heterocycles. The van der Waals surface area contributed by atoms with Crippen LogP contribution in [0, 0.1) is 0 Å². The van der Waals surface area contributed by atoms with Gasteiger partial charge in [-0.15, -0.1) is 0 Å². The Balaban J connectivity index is 1.49. The van der Waals surface area contributed by atoms with Gasteiger partial charge in [0.05, 0.1) is 38.7 Å². The first kappa shape index (κ1) is 21.3. The second-order valence-corrected chi connectivity index (χ2v) is 8.86. The molecule has 0 unspecified atom stereocenters. The van der Waals surface area contributed by atoms with Crippen molar-refractivity contribution in [1.82, 2.24) is 14.4 Å². The van der Waals surface area contributed by atoms with Crippen LogP contribution in [0.15, 0.2) is 51.9 Å². The molecule has 0 N–H and O–H groups in total. The number of methoxy groups -OCH3 is 2. The van der Waals surface area contributed by atoms with Gasteiger partial charge in [0, 0.05) is 18.7 Å². The molecule has 9 nitrogen and oxygen atoms in total. The number of hydrogen-bond acceptors (Lipinski definition) is 8. The van der Waals surface area contributed by atoms with Crippen LogP contribution in [0.2, 0.25) is 0 Å². The van der Waals surface area contributed by atoms with Crippen LogP contribution in [0.1, 0.15) is 11.5 Å². The summed E-state index contributed by atoms with van der Waals surface area (Å²) in [6.07, 6.45) is 0.427. The number of morpholine rings is 1. The zero-order chi connectivity index (χ0) is 21.8. The molecule has 2 aromatic carbocycles. The molecule has 164 valence electrons. The van der Waals surface area contributed by atoms with Crippen LogP contribution in [0.25, 0.3) is 11.4 Å². The molecular weight excluding hydrogens is 422 g/mol. The van der Waals surface area contributed by atoms with Gasteiger partial charge in [-0.3, -0.25) is 0 Å². The van der Waals surface area contributed by atoms with Gasteiger partial charge in [-0.25, -0.2) is 8.42 Å². The van der Waals surface area contributed by atoms with Crippen molar-refractivity contribution in [2.24, 2.45) is 0 Å². The molecule has 0 saturated carbocycles.